The van der Waals surface area contributed by atoms with Crippen LogP contribution in [-0.4, -0.2) is 14.9 Å². The van der Waals surface area contributed by atoms with Crippen molar-refractivity contribution in [3.63, 3.8) is 0 Å². The zero-order valence-corrected chi connectivity index (χ0v) is 17.8. The van der Waals surface area contributed by atoms with Crippen LogP contribution in [-0.2, 0) is 19.2 Å². The quantitative estimate of drug-likeness (QED) is 0.291. The molecule has 23 heavy (non-hydrogen) atoms. The second-order valence-corrected chi connectivity index (χ2v) is 15.6. The number of halogens is 1. The fourth-order valence-electron chi connectivity index (χ4n) is 5.21. The Hall–Kier alpha value is 0.602. The van der Waals surface area contributed by atoms with Crippen molar-refractivity contribution in [1.82, 2.24) is 0 Å². The van der Waals surface area contributed by atoms with E-state index in [9.17, 15) is 0 Å². The topological polar surface area (TPSA) is 0 Å². The van der Waals surface area contributed by atoms with Gasteiger partial charge in [0.25, 0.3) is 0 Å². The number of hydrogen-bond donors (Lipinski definition) is 0. The zero-order valence-electron chi connectivity index (χ0n) is 14.5. The van der Waals surface area contributed by atoms with Gasteiger partial charge in [-0.2, -0.15) is 0 Å². The van der Waals surface area contributed by atoms with E-state index in [-0.39, 0.29) is 3.59 Å². The summed E-state index contributed by atoms with van der Waals surface area (Å²) in [5.74, 6) is 0.608. The first kappa shape index (κ1) is 18.4. The monoisotopic (exact) mass is 443 g/mol. The Kier molecular flexibility index (Phi) is 6.30. The summed E-state index contributed by atoms with van der Waals surface area (Å²) in [6, 6.07) is 9.67. The summed E-state index contributed by atoms with van der Waals surface area (Å²) in [4.78, 5) is 0. The van der Waals surface area contributed by atoms with Gasteiger partial charge in [-0.05, 0) is 0 Å². The van der Waals surface area contributed by atoms with Crippen LogP contribution in [0.25, 0.3) is 0 Å². The van der Waals surface area contributed by atoms with Crippen molar-refractivity contribution in [3.8, 4) is 0 Å². The average molecular weight is 444 g/mol. The molecule has 3 rings (SSSR count). The Bertz CT molecular complexity index is 483. The first-order chi connectivity index (χ1) is 11.1. The normalized spacial score (nSPS) is 22.9. The molecule has 2 aliphatic carbocycles. The van der Waals surface area contributed by atoms with Gasteiger partial charge in [-0.25, -0.2) is 0 Å². The summed E-state index contributed by atoms with van der Waals surface area (Å²) in [6.45, 7) is 4.56. The van der Waals surface area contributed by atoms with Crippen molar-refractivity contribution < 1.29 is 19.2 Å². The molecule has 2 saturated carbocycles. The molecule has 0 aliphatic heterocycles. The first-order valence-electron chi connectivity index (χ1n) is 9.41. The Morgan fingerprint density at radius 2 is 1.35 bits per heavy atom. The molecule has 3 heteroatoms. The molecule has 0 bridgehead atoms. The maximum atomic E-state index is 6.99. The van der Waals surface area contributed by atoms with Gasteiger partial charge in [-0.15, -0.1) is 0 Å². The van der Waals surface area contributed by atoms with Crippen LogP contribution >= 0.6 is 18.9 Å². The SMILES string of the molecule is CC(C)c1ccc([PH]([CH](Cl)[Pd])(C2CCCC2)C2CCCC2)cc1. The van der Waals surface area contributed by atoms with E-state index < -0.39 is 7.26 Å². The van der Waals surface area contributed by atoms with E-state index in [1.807, 2.05) is 0 Å². The summed E-state index contributed by atoms with van der Waals surface area (Å²) in [5.41, 5.74) is 3.22. The molecule has 0 spiro atoms. The van der Waals surface area contributed by atoms with E-state index in [2.05, 4.69) is 57.3 Å². The van der Waals surface area contributed by atoms with Crippen LogP contribution in [0.5, 0.6) is 0 Å². The molecule has 1 aromatic carbocycles. The van der Waals surface area contributed by atoms with Gasteiger partial charge in [0, 0.05) is 0 Å². The van der Waals surface area contributed by atoms with Crippen molar-refractivity contribution in [3.05, 3.63) is 29.8 Å². The van der Waals surface area contributed by atoms with Crippen LogP contribution in [0.3, 0.4) is 0 Å². The van der Waals surface area contributed by atoms with Crippen LogP contribution < -0.4 is 5.30 Å². The summed E-state index contributed by atoms with van der Waals surface area (Å²) in [5, 5.41) is 1.63. The number of alkyl halides is 1. The van der Waals surface area contributed by atoms with Crippen LogP contribution in [0.2, 0.25) is 0 Å². The third-order valence-corrected chi connectivity index (χ3v) is 15.6. The molecule has 1 aromatic rings. The molecular weight excluding hydrogens is 413 g/mol. The van der Waals surface area contributed by atoms with Crippen molar-refractivity contribution >= 4 is 24.2 Å². The zero-order chi connectivity index (χ0) is 16.4. The van der Waals surface area contributed by atoms with E-state index in [0.29, 0.717) is 5.92 Å². The minimum atomic E-state index is -1.74. The van der Waals surface area contributed by atoms with Crippen molar-refractivity contribution in [2.24, 2.45) is 0 Å². The summed E-state index contributed by atoms with van der Waals surface area (Å²) < 4.78 is 0.210. The molecule has 1 atom stereocenters. The fraction of sp³-hybridized carbons (Fsp3) is 0.700. The molecule has 2 aliphatic rings. The Labute approximate surface area is 158 Å². The van der Waals surface area contributed by atoms with E-state index in [1.165, 1.54) is 56.9 Å². The Morgan fingerprint density at radius 3 is 1.70 bits per heavy atom. The van der Waals surface area contributed by atoms with E-state index in [1.54, 1.807) is 5.30 Å². The summed E-state index contributed by atoms with van der Waals surface area (Å²) >= 11 is 10.6. The summed E-state index contributed by atoms with van der Waals surface area (Å²) in [6.07, 6.45) is 11.3. The predicted molar refractivity (Wildman–Crippen MR) is 103 cm³/mol. The molecule has 0 saturated heterocycles. The molecule has 0 amide bonds. The average Bonchev–Trinajstić information content (AvgIpc) is 3.22. The maximum absolute atomic E-state index is 6.99. The van der Waals surface area contributed by atoms with E-state index in [0.717, 1.165) is 11.3 Å². The van der Waals surface area contributed by atoms with Gasteiger partial charge in [0.05, 0.1) is 0 Å². The van der Waals surface area contributed by atoms with Gasteiger partial charge in [0.1, 0.15) is 0 Å². The van der Waals surface area contributed by atoms with E-state index in [4.69, 9.17) is 11.6 Å². The van der Waals surface area contributed by atoms with Crippen molar-refractivity contribution in [2.75, 3.05) is 0 Å². The van der Waals surface area contributed by atoms with Gasteiger partial charge < -0.3 is 0 Å². The Balaban J connectivity index is 2.05. The Morgan fingerprint density at radius 1 is 0.913 bits per heavy atom. The van der Waals surface area contributed by atoms with Gasteiger partial charge in [0.2, 0.25) is 0 Å². The molecule has 0 aromatic heterocycles. The summed E-state index contributed by atoms with van der Waals surface area (Å²) in [7, 11) is -1.74. The standard InChI is InChI=1S/C20H31ClP.Pd/c1-16(2)17-11-13-20(14-12-17)22(15-21,18-7-3-4-8-18)19-9-5-6-10-19;/h11-16,18-19,22H,3-10H2,1-2H3;. The second-order valence-electron chi connectivity index (χ2n) is 7.94. The first-order valence-corrected chi connectivity index (χ1v) is 13.0. The van der Waals surface area contributed by atoms with Gasteiger partial charge >= 0.3 is 159 Å². The van der Waals surface area contributed by atoms with Gasteiger partial charge in [0.15, 0.2) is 0 Å². The molecule has 133 valence electrons. The minimum absolute atomic E-state index is 0.210. The molecule has 1 unspecified atom stereocenters. The predicted octanol–water partition coefficient (Wildman–Crippen LogP) is 6.14. The number of benzene rings is 1. The van der Waals surface area contributed by atoms with Gasteiger partial charge in [-0.1, -0.05) is 0 Å². The third kappa shape index (κ3) is 3.47. The van der Waals surface area contributed by atoms with Crippen LogP contribution in [0, 0.1) is 0 Å². The molecule has 0 radical (unpaired) electrons. The molecule has 2 fully saturated rings. The van der Waals surface area contributed by atoms with Gasteiger partial charge in [-0.3, -0.25) is 0 Å². The number of hydrogen-bond acceptors (Lipinski definition) is 0. The molecule has 0 N–H and O–H groups in total. The van der Waals surface area contributed by atoms with Crippen molar-refractivity contribution in [2.45, 2.75) is 86.0 Å². The third-order valence-electron chi connectivity index (χ3n) is 6.47. The molecule has 0 heterocycles. The van der Waals surface area contributed by atoms with Crippen LogP contribution in [0.1, 0.15) is 76.7 Å². The van der Waals surface area contributed by atoms with Crippen LogP contribution in [0.4, 0.5) is 0 Å². The fourth-order valence-corrected chi connectivity index (χ4v) is 15.6. The van der Waals surface area contributed by atoms with Crippen molar-refractivity contribution in [1.29, 1.82) is 0 Å². The van der Waals surface area contributed by atoms with E-state index >= 15 is 0 Å². The molecule has 0 nitrogen and oxygen atoms in total. The number of rotatable bonds is 5. The van der Waals surface area contributed by atoms with Crippen LogP contribution in [0.15, 0.2) is 24.3 Å². The second kappa shape index (κ2) is 7.87. The molecular formula is C20H31ClPPd.